The van der Waals surface area contributed by atoms with Crippen LogP contribution in [0.15, 0.2) is 51.3 Å². The van der Waals surface area contributed by atoms with Crippen molar-refractivity contribution in [3.8, 4) is 11.4 Å². The summed E-state index contributed by atoms with van der Waals surface area (Å²) >= 11 is 8.93. The van der Waals surface area contributed by atoms with Gasteiger partial charge in [-0.15, -0.1) is 10.2 Å². The lowest BCUT2D eigenvalue weighted by atomic mass is 10.2. The number of benzene rings is 1. The van der Waals surface area contributed by atoms with Gasteiger partial charge < -0.3 is 0 Å². The lowest BCUT2D eigenvalue weighted by Crippen LogP contribution is -1.91. The number of nitrogens with zero attached hydrogens (tertiary/aromatic N) is 4. The predicted octanol–water partition coefficient (Wildman–Crippen LogP) is 3.80. The molecule has 19 heavy (non-hydrogen) atoms. The van der Waals surface area contributed by atoms with E-state index in [1.807, 2.05) is 30.3 Å². The van der Waals surface area contributed by atoms with Gasteiger partial charge in [0.1, 0.15) is 15.7 Å². The number of hydrogen-bond donors (Lipinski definition) is 0. The fourth-order valence-corrected chi connectivity index (χ4v) is 3.14. The molecule has 2 heterocycles. The van der Waals surface area contributed by atoms with Gasteiger partial charge in [0.15, 0.2) is 10.2 Å². The summed E-state index contributed by atoms with van der Waals surface area (Å²) in [6, 6.07) is 11.5. The first-order valence-corrected chi connectivity index (χ1v) is 7.43. The summed E-state index contributed by atoms with van der Waals surface area (Å²) in [5.41, 5.74) is 2.62. The van der Waals surface area contributed by atoms with E-state index in [1.165, 1.54) is 23.1 Å². The van der Waals surface area contributed by atoms with E-state index in [4.69, 9.17) is 11.6 Å². The summed E-state index contributed by atoms with van der Waals surface area (Å²) in [4.78, 5) is 8.73. The molecule has 2 aromatic heterocycles. The highest BCUT2D eigenvalue weighted by atomic mass is 35.5. The number of hydrogen-bond acceptors (Lipinski definition) is 6. The molecule has 0 fully saturated rings. The van der Waals surface area contributed by atoms with E-state index in [-0.39, 0.29) is 0 Å². The third-order valence-electron chi connectivity index (χ3n) is 2.24. The van der Waals surface area contributed by atoms with E-state index in [0.717, 1.165) is 14.9 Å². The fourth-order valence-electron chi connectivity index (χ4n) is 1.46. The minimum Gasteiger partial charge on any atom is -0.221 e. The first-order valence-electron chi connectivity index (χ1n) is 5.35. The van der Waals surface area contributed by atoms with E-state index >= 15 is 0 Å². The Bertz CT molecular complexity index is 673. The molecule has 0 N–H and O–H groups in total. The van der Waals surface area contributed by atoms with Crippen LogP contribution in [-0.2, 0) is 0 Å². The molecule has 0 aliphatic heterocycles. The van der Waals surface area contributed by atoms with Gasteiger partial charge >= 0.3 is 0 Å². The molecule has 0 amide bonds. The van der Waals surface area contributed by atoms with E-state index < -0.39 is 0 Å². The molecule has 3 aromatic rings. The van der Waals surface area contributed by atoms with Crippen molar-refractivity contribution in [1.82, 2.24) is 20.2 Å². The Balaban J connectivity index is 1.97. The number of rotatable bonds is 3. The van der Waals surface area contributed by atoms with Crippen molar-refractivity contribution in [2.75, 3.05) is 0 Å². The largest absolute Gasteiger partial charge is 0.221 e. The monoisotopic (exact) mass is 306 g/mol. The highest BCUT2D eigenvalue weighted by Gasteiger charge is 2.08. The van der Waals surface area contributed by atoms with Crippen LogP contribution in [0.3, 0.4) is 0 Å². The van der Waals surface area contributed by atoms with Gasteiger partial charge in [0.2, 0.25) is 0 Å². The van der Waals surface area contributed by atoms with Crippen LogP contribution < -0.4 is 0 Å². The maximum atomic E-state index is 6.04. The average Bonchev–Trinajstić information content (AvgIpc) is 2.92. The van der Waals surface area contributed by atoms with E-state index in [1.54, 1.807) is 11.6 Å². The van der Waals surface area contributed by atoms with Crippen molar-refractivity contribution in [3.63, 3.8) is 0 Å². The highest BCUT2D eigenvalue weighted by Crippen LogP contribution is 2.29. The zero-order valence-electron chi connectivity index (χ0n) is 9.52. The van der Waals surface area contributed by atoms with Crippen LogP contribution in [0.1, 0.15) is 0 Å². The maximum Gasteiger partial charge on any atom is 0.180 e. The molecule has 0 saturated carbocycles. The van der Waals surface area contributed by atoms with Gasteiger partial charge in [-0.3, -0.25) is 0 Å². The van der Waals surface area contributed by atoms with Crippen molar-refractivity contribution in [1.29, 1.82) is 0 Å². The van der Waals surface area contributed by atoms with Gasteiger partial charge in [0.25, 0.3) is 0 Å². The van der Waals surface area contributed by atoms with Crippen LogP contribution in [0.2, 0.25) is 5.15 Å². The quantitative estimate of drug-likeness (QED) is 0.689. The average molecular weight is 307 g/mol. The van der Waals surface area contributed by atoms with Crippen LogP contribution >= 0.6 is 34.7 Å². The first-order chi connectivity index (χ1) is 9.31. The van der Waals surface area contributed by atoms with Crippen LogP contribution in [0.5, 0.6) is 0 Å². The summed E-state index contributed by atoms with van der Waals surface area (Å²) in [7, 11) is 0. The molecule has 0 radical (unpaired) electrons. The molecular formula is C12H7ClN4S2. The number of halogens is 1. The van der Waals surface area contributed by atoms with Gasteiger partial charge in [-0.25, -0.2) is 9.97 Å². The Morgan fingerprint density at radius 3 is 2.68 bits per heavy atom. The Labute approximate surface area is 122 Å². The zero-order valence-corrected chi connectivity index (χ0v) is 11.9. The van der Waals surface area contributed by atoms with Gasteiger partial charge in [0, 0.05) is 11.6 Å². The Morgan fingerprint density at radius 2 is 1.95 bits per heavy atom. The minimum atomic E-state index is 0.417. The van der Waals surface area contributed by atoms with Crippen molar-refractivity contribution in [2.45, 2.75) is 9.37 Å². The van der Waals surface area contributed by atoms with Crippen LogP contribution in [0.4, 0.5) is 0 Å². The molecule has 0 unspecified atom stereocenters. The maximum absolute atomic E-state index is 6.04. The molecule has 0 spiro atoms. The summed E-state index contributed by atoms with van der Waals surface area (Å²) < 4.78 is 0.828. The van der Waals surface area contributed by atoms with Gasteiger partial charge in [-0.1, -0.05) is 53.3 Å². The molecule has 1 aromatic carbocycles. The molecule has 7 heteroatoms. The Kier molecular flexibility index (Phi) is 3.72. The molecular weight excluding hydrogens is 300 g/mol. The third kappa shape index (κ3) is 3.09. The first kappa shape index (κ1) is 12.5. The lowest BCUT2D eigenvalue weighted by Gasteiger charge is -2.03. The molecule has 4 nitrogen and oxygen atoms in total. The Morgan fingerprint density at radius 1 is 1.11 bits per heavy atom. The summed E-state index contributed by atoms with van der Waals surface area (Å²) in [5.74, 6) is 0.611. The van der Waals surface area contributed by atoms with Crippen molar-refractivity contribution < 1.29 is 0 Å². The fraction of sp³-hybridized carbons (Fsp3) is 0. The number of aromatic nitrogens is 4. The zero-order chi connectivity index (χ0) is 13.1. The standard InChI is InChI=1S/C12H7ClN4S2/c13-9-6-10(19-12-17-14-7-18-12)16-11(15-9)8-4-2-1-3-5-8/h1-7H. The van der Waals surface area contributed by atoms with Crippen LogP contribution in [0, 0.1) is 0 Å². The van der Waals surface area contributed by atoms with Crippen LogP contribution in [0.25, 0.3) is 11.4 Å². The SMILES string of the molecule is Clc1cc(Sc2nncs2)nc(-c2ccccc2)n1. The second kappa shape index (κ2) is 5.64. The van der Waals surface area contributed by atoms with E-state index in [2.05, 4.69) is 20.2 Å². The second-order valence-corrected chi connectivity index (χ2v) is 6.01. The molecule has 3 rings (SSSR count). The van der Waals surface area contributed by atoms with Gasteiger partial charge in [-0.05, 0) is 11.8 Å². The molecule has 94 valence electrons. The Hall–Kier alpha value is -1.50. The third-order valence-corrected chi connectivity index (χ3v) is 4.13. The topological polar surface area (TPSA) is 51.6 Å². The molecule has 0 aliphatic carbocycles. The molecule has 0 saturated heterocycles. The van der Waals surface area contributed by atoms with Crippen molar-refractivity contribution >= 4 is 34.7 Å². The second-order valence-electron chi connectivity index (χ2n) is 3.53. The van der Waals surface area contributed by atoms with Crippen molar-refractivity contribution in [2.24, 2.45) is 0 Å². The van der Waals surface area contributed by atoms with E-state index in [9.17, 15) is 0 Å². The predicted molar refractivity (Wildman–Crippen MR) is 76.5 cm³/mol. The summed E-state index contributed by atoms with van der Waals surface area (Å²) in [6.07, 6.45) is 0. The summed E-state index contributed by atoms with van der Waals surface area (Å²) in [6.45, 7) is 0. The van der Waals surface area contributed by atoms with Gasteiger partial charge in [-0.2, -0.15) is 0 Å². The highest BCUT2D eigenvalue weighted by molar-refractivity contribution is 8.00. The van der Waals surface area contributed by atoms with E-state index in [0.29, 0.717) is 11.0 Å². The summed E-state index contributed by atoms with van der Waals surface area (Å²) in [5, 5.41) is 8.94. The lowest BCUT2D eigenvalue weighted by molar-refractivity contribution is 1.00. The molecule has 0 aliphatic rings. The van der Waals surface area contributed by atoms with Gasteiger partial charge in [0.05, 0.1) is 0 Å². The van der Waals surface area contributed by atoms with Crippen LogP contribution in [-0.4, -0.2) is 20.2 Å². The smallest absolute Gasteiger partial charge is 0.180 e. The minimum absolute atomic E-state index is 0.417. The normalized spacial score (nSPS) is 10.6. The molecule has 0 atom stereocenters. The van der Waals surface area contributed by atoms with Crippen molar-refractivity contribution in [3.05, 3.63) is 47.1 Å². The molecule has 0 bridgehead atoms.